The molecular formula is C24H27FN4O5. The van der Waals surface area contributed by atoms with Crippen LogP contribution in [0.2, 0.25) is 0 Å². The number of aromatic nitrogens is 3. The van der Waals surface area contributed by atoms with Gasteiger partial charge in [0.15, 0.2) is 11.5 Å². The van der Waals surface area contributed by atoms with Crippen LogP contribution in [0.4, 0.5) is 4.39 Å². The number of hydrogen-bond acceptors (Lipinski definition) is 9. The van der Waals surface area contributed by atoms with Gasteiger partial charge in [-0.1, -0.05) is 0 Å². The Morgan fingerprint density at radius 1 is 1.24 bits per heavy atom. The normalized spacial score (nSPS) is 22.1. The zero-order chi connectivity index (χ0) is 24.4. The van der Waals surface area contributed by atoms with Gasteiger partial charge in [0.2, 0.25) is 5.88 Å². The Morgan fingerprint density at radius 2 is 2.09 bits per heavy atom. The minimum Gasteiger partial charge on any atom is -0.486 e. The molecule has 5 rings (SSSR count). The van der Waals surface area contributed by atoms with Gasteiger partial charge in [0.1, 0.15) is 19.0 Å². The Bertz CT molecular complexity index is 1190. The molecule has 2 N–H and O–H groups in total. The van der Waals surface area contributed by atoms with E-state index in [4.69, 9.17) is 20.3 Å². The van der Waals surface area contributed by atoms with Gasteiger partial charge in [-0.05, 0) is 18.9 Å². The minimum absolute atomic E-state index is 0.0186. The van der Waals surface area contributed by atoms with E-state index in [1.807, 2.05) is 6.07 Å². The molecule has 1 saturated heterocycles. The van der Waals surface area contributed by atoms with Crippen molar-refractivity contribution in [2.45, 2.75) is 44.0 Å². The second-order valence-corrected chi connectivity index (χ2v) is 8.24. The first-order valence-electron chi connectivity index (χ1n) is 11.8. The molecule has 34 heavy (non-hydrogen) atoms. The summed E-state index contributed by atoms with van der Waals surface area (Å²) in [6.07, 6.45) is 0.828. The molecule has 10 heteroatoms. The van der Waals surface area contributed by atoms with Crippen LogP contribution in [0.25, 0.3) is 11.0 Å². The molecule has 0 spiro atoms. The number of methoxy groups -OCH3 is 1. The Hall–Kier alpha value is -3.08. The number of aliphatic hydroxyl groups excluding tert-OH is 1. The van der Waals surface area contributed by atoms with Crippen molar-refractivity contribution in [1.29, 1.82) is 0 Å². The molecule has 0 bridgehead atoms. The van der Waals surface area contributed by atoms with Crippen molar-refractivity contribution in [2.24, 2.45) is 0 Å². The second-order valence-electron chi connectivity index (χ2n) is 8.24. The fraction of sp³-hybridized carbons (Fsp3) is 0.458. The lowest BCUT2D eigenvalue weighted by Gasteiger charge is -2.32. The molecule has 9 nitrogen and oxygen atoms in total. The van der Waals surface area contributed by atoms with E-state index in [0.717, 1.165) is 18.3 Å². The van der Waals surface area contributed by atoms with Crippen molar-refractivity contribution >= 4 is 11.0 Å². The number of rotatable bonds is 7. The van der Waals surface area contributed by atoms with Crippen LogP contribution in [-0.4, -0.2) is 65.2 Å². The first-order valence-corrected chi connectivity index (χ1v) is 11.2. The fourth-order valence-corrected chi connectivity index (χ4v) is 4.13. The van der Waals surface area contributed by atoms with Crippen LogP contribution >= 0.6 is 0 Å². The van der Waals surface area contributed by atoms with Gasteiger partial charge in [-0.2, -0.15) is 0 Å². The lowest BCUT2D eigenvalue weighted by Crippen LogP contribution is -2.44. The van der Waals surface area contributed by atoms with Gasteiger partial charge in [0.25, 0.3) is 0 Å². The van der Waals surface area contributed by atoms with E-state index in [1.165, 1.54) is 7.11 Å². The zero-order valence-corrected chi connectivity index (χ0v) is 18.7. The van der Waals surface area contributed by atoms with Crippen molar-refractivity contribution < 1.29 is 29.8 Å². The van der Waals surface area contributed by atoms with Crippen LogP contribution in [0.5, 0.6) is 17.4 Å². The molecule has 0 aliphatic carbocycles. The van der Waals surface area contributed by atoms with Crippen molar-refractivity contribution in [1.82, 2.24) is 20.3 Å². The summed E-state index contributed by atoms with van der Waals surface area (Å²) < 4.78 is 45.4. The molecule has 5 heterocycles. The highest BCUT2D eigenvalue weighted by molar-refractivity contribution is 5.78. The number of nitrogens with zero attached hydrogens (tertiary/aromatic N) is 3. The number of halogens is 1. The smallest absolute Gasteiger partial charge is 0.213 e. The third-order valence-corrected chi connectivity index (χ3v) is 5.97. The Morgan fingerprint density at radius 3 is 2.88 bits per heavy atom. The summed E-state index contributed by atoms with van der Waals surface area (Å²) >= 11 is 0. The van der Waals surface area contributed by atoms with Gasteiger partial charge in [-0.25, -0.2) is 9.37 Å². The van der Waals surface area contributed by atoms with E-state index in [0.29, 0.717) is 49.8 Å². The number of fused-ring (bicyclic) bond motifs is 2. The maximum Gasteiger partial charge on any atom is 0.213 e. The van der Waals surface area contributed by atoms with Crippen LogP contribution in [-0.2, 0) is 17.7 Å². The van der Waals surface area contributed by atoms with E-state index in [2.05, 4.69) is 20.3 Å². The van der Waals surface area contributed by atoms with Crippen molar-refractivity contribution in [3.8, 4) is 17.4 Å². The largest absolute Gasteiger partial charge is 0.486 e. The van der Waals surface area contributed by atoms with Crippen LogP contribution in [0.1, 0.15) is 25.5 Å². The van der Waals surface area contributed by atoms with Crippen molar-refractivity contribution in [3.05, 3.63) is 47.7 Å². The molecule has 180 valence electrons. The topological polar surface area (TPSA) is 108 Å². The predicted molar refractivity (Wildman–Crippen MR) is 121 cm³/mol. The molecule has 3 aromatic heterocycles. The van der Waals surface area contributed by atoms with Gasteiger partial charge in [-0.3, -0.25) is 9.97 Å². The van der Waals surface area contributed by atoms with Gasteiger partial charge in [-0.15, -0.1) is 0 Å². The third-order valence-electron chi connectivity index (χ3n) is 5.97. The number of pyridine rings is 3. The molecule has 0 amide bonds. The quantitative estimate of drug-likeness (QED) is 0.536. The lowest BCUT2D eigenvalue weighted by molar-refractivity contribution is -0.0719. The molecule has 0 radical (unpaired) electrons. The van der Waals surface area contributed by atoms with Gasteiger partial charge in [0, 0.05) is 38.1 Å². The predicted octanol–water partition coefficient (Wildman–Crippen LogP) is 2.18. The SMILES string of the molecule is [2H]C(c1c(F)cnc2ccc(OC)nc12)[C@H](O)[C@@H]1CC[C@@H](NCc2cc3c(cn2)OCCO3)CO1. The average molecular weight is 472 g/mol. The highest BCUT2D eigenvalue weighted by Gasteiger charge is 2.29. The van der Waals surface area contributed by atoms with Gasteiger partial charge < -0.3 is 29.4 Å². The maximum atomic E-state index is 14.7. The summed E-state index contributed by atoms with van der Waals surface area (Å²) in [6, 6.07) is 5.18. The fourth-order valence-electron chi connectivity index (χ4n) is 4.13. The van der Waals surface area contributed by atoms with E-state index in [1.54, 1.807) is 18.3 Å². The summed E-state index contributed by atoms with van der Waals surface area (Å²) in [5.74, 6) is 0.924. The number of aliphatic hydroxyl groups is 1. The zero-order valence-electron chi connectivity index (χ0n) is 19.7. The number of ether oxygens (including phenoxy) is 4. The number of hydrogen-bond donors (Lipinski definition) is 2. The van der Waals surface area contributed by atoms with Gasteiger partial charge >= 0.3 is 0 Å². The highest BCUT2D eigenvalue weighted by atomic mass is 19.1. The van der Waals surface area contributed by atoms with E-state index < -0.39 is 24.4 Å². The Kier molecular flexibility index (Phi) is 6.34. The lowest BCUT2D eigenvalue weighted by atomic mass is 9.96. The summed E-state index contributed by atoms with van der Waals surface area (Å²) in [7, 11) is 1.46. The Labute approximate surface area is 197 Å². The van der Waals surface area contributed by atoms with Crippen molar-refractivity contribution in [3.63, 3.8) is 0 Å². The van der Waals surface area contributed by atoms with Crippen LogP contribution < -0.4 is 19.5 Å². The summed E-state index contributed by atoms with van der Waals surface area (Å²) in [5, 5.41) is 14.3. The monoisotopic (exact) mass is 471 g/mol. The summed E-state index contributed by atoms with van der Waals surface area (Å²) in [5.41, 5.74) is 1.43. The molecule has 3 aromatic rings. The summed E-state index contributed by atoms with van der Waals surface area (Å²) in [6.45, 7) is 1.92. The van der Waals surface area contributed by atoms with Crippen molar-refractivity contribution in [2.75, 3.05) is 26.9 Å². The first kappa shape index (κ1) is 21.5. The van der Waals surface area contributed by atoms with Crippen LogP contribution in [0, 0.1) is 5.82 Å². The molecule has 1 unspecified atom stereocenters. The molecular weight excluding hydrogens is 443 g/mol. The number of nitrogens with one attached hydrogen (secondary N) is 1. The van der Waals surface area contributed by atoms with E-state index >= 15 is 0 Å². The van der Waals surface area contributed by atoms with Crippen LogP contribution in [0.15, 0.2) is 30.6 Å². The molecule has 2 aliphatic rings. The third kappa shape index (κ3) is 4.89. The average Bonchev–Trinajstić information content (AvgIpc) is 2.91. The Balaban J connectivity index is 1.20. The molecule has 4 atom stereocenters. The summed E-state index contributed by atoms with van der Waals surface area (Å²) in [4.78, 5) is 12.7. The molecule has 0 aromatic carbocycles. The maximum absolute atomic E-state index is 14.7. The van der Waals surface area contributed by atoms with E-state index in [-0.39, 0.29) is 23.0 Å². The first-order chi connectivity index (χ1) is 17.0. The molecule has 1 fully saturated rings. The molecule has 0 saturated carbocycles. The minimum atomic E-state index is -1.29. The van der Waals surface area contributed by atoms with Gasteiger partial charge in [0.05, 0.1) is 55.0 Å². The van der Waals surface area contributed by atoms with E-state index in [9.17, 15) is 9.50 Å². The molecule has 2 aliphatic heterocycles. The highest BCUT2D eigenvalue weighted by Crippen LogP contribution is 2.29. The second kappa shape index (κ2) is 10.0. The van der Waals surface area contributed by atoms with Crippen LogP contribution in [0.3, 0.4) is 0 Å². The standard InChI is InChI=1S/C24H27FN4O5/c1-31-23-5-3-18-24(29-23)16(17(25)11-28-18)9-19(30)20-4-2-14(13-34-20)26-10-15-8-21-22(12-27-15)33-7-6-32-21/h3,5,8,11-12,14,19-20,26,30H,2,4,6-7,9-10,13H2,1H3/t14-,19+,20+/m1/s1/i9D/t9?,14-,19+,20+.